The van der Waals surface area contributed by atoms with E-state index in [-0.39, 0.29) is 5.41 Å². The monoisotopic (exact) mass is 410 g/mol. The number of fused-ring (bicyclic) bond motifs is 2. The van der Waals surface area contributed by atoms with Gasteiger partial charge in [0.2, 0.25) is 0 Å². The van der Waals surface area contributed by atoms with E-state index >= 15 is 0 Å². The van der Waals surface area contributed by atoms with Crippen LogP contribution >= 0.6 is 0 Å². The van der Waals surface area contributed by atoms with Gasteiger partial charge in [0.25, 0.3) is 0 Å². The molecule has 3 aliphatic rings. The molecule has 3 aromatic carbocycles. The molecule has 0 spiro atoms. The molecule has 0 nitrogen and oxygen atoms in total. The number of allylic oxidation sites excluding steroid dienone is 8. The fourth-order valence-electron chi connectivity index (χ4n) is 5.60. The van der Waals surface area contributed by atoms with Crippen molar-refractivity contribution in [1.82, 2.24) is 0 Å². The molecule has 1 atom stereocenters. The van der Waals surface area contributed by atoms with Crippen LogP contribution in [-0.4, -0.2) is 0 Å². The minimum atomic E-state index is -0.154. The van der Waals surface area contributed by atoms with Gasteiger partial charge in [0, 0.05) is 5.41 Å². The van der Waals surface area contributed by atoms with Crippen molar-refractivity contribution in [3.8, 4) is 11.1 Å². The van der Waals surface area contributed by atoms with Gasteiger partial charge >= 0.3 is 0 Å². The summed E-state index contributed by atoms with van der Waals surface area (Å²) in [5, 5.41) is 2.70. The summed E-state index contributed by atoms with van der Waals surface area (Å²) in [5.74, 6) is 0. The zero-order valence-corrected chi connectivity index (χ0v) is 18.6. The molecule has 32 heavy (non-hydrogen) atoms. The van der Waals surface area contributed by atoms with Gasteiger partial charge in [0.15, 0.2) is 0 Å². The van der Waals surface area contributed by atoms with E-state index < -0.39 is 0 Å². The molecule has 0 amide bonds. The molecule has 0 saturated heterocycles. The lowest BCUT2D eigenvalue weighted by atomic mass is 9.67. The molecule has 0 heterocycles. The normalized spacial score (nSPS) is 20.8. The van der Waals surface area contributed by atoms with Crippen molar-refractivity contribution in [2.45, 2.75) is 25.7 Å². The smallest absolute Gasteiger partial charge is 0.0365 e. The largest absolute Gasteiger partial charge is 0.0801 e. The van der Waals surface area contributed by atoms with Crippen LogP contribution in [0.25, 0.3) is 22.8 Å². The molecule has 0 radical (unpaired) electrons. The number of benzene rings is 3. The topological polar surface area (TPSA) is 0 Å². The van der Waals surface area contributed by atoms with Gasteiger partial charge in [-0.2, -0.15) is 0 Å². The van der Waals surface area contributed by atoms with E-state index in [1.54, 1.807) is 0 Å². The molecular formula is C32H26. The van der Waals surface area contributed by atoms with Gasteiger partial charge in [0.05, 0.1) is 0 Å². The molecule has 0 bridgehead atoms. The van der Waals surface area contributed by atoms with Gasteiger partial charge in [-0.25, -0.2) is 0 Å². The molecule has 0 aromatic heterocycles. The van der Waals surface area contributed by atoms with Gasteiger partial charge < -0.3 is 0 Å². The predicted octanol–water partition coefficient (Wildman–Crippen LogP) is 6.32. The summed E-state index contributed by atoms with van der Waals surface area (Å²) in [4.78, 5) is 0. The molecule has 0 saturated carbocycles. The van der Waals surface area contributed by atoms with Crippen molar-refractivity contribution >= 4 is 11.6 Å². The van der Waals surface area contributed by atoms with Crippen molar-refractivity contribution in [3.05, 3.63) is 141 Å². The first kappa shape index (κ1) is 19.1. The summed E-state index contributed by atoms with van der Waals surface area (Å²) >= 11 is 0. The molecule has 0 fully saturated rings. The molecular weight excluding hydrogens is 384 g/mol. The lowest BCUT2D eigenvalue weighted by molar-refractivity contribution is 0.701. The highest BCUT2D eigenvalue weighted by Gasteiger charge is 2.37. The Bertz CT molecular complexity index is 1470. The molecule has 0 heteroatoms. The van der Waals surface area contributed by atoms with Crippen LogP contribution < -0.4 is 10.4 Å². The van der Waals surface area contributed by atoms with Gasteiger partial charge in [0.1, 0.15) is 0 Å². The van der Waals surface area contributed by atoms with Crippen molar-refractivity contribution in [2.75, 3.05) is 0 Å². The van der Waals surface area contributed by atoms with E-state index in [2.05, 4.69) is 123 Å². The van der Waals surface area contributed by atoms with Crippen LogP contribution in [0.5, 0.6) is 0 Å². The van der Waals surface area contributed by atoms with Crippen LogP contribution in [-0.2, 0) is 5.41 Å². The Hall–Kier alpha value is -3.64. The maximum Gasteiger partial charge on any atom is 0.0365 e. The lowest BCUT2D eigenvalue weighted by Gasteiger charge is -2.36. The summed E-state index contributed by atoms with van der Waals surface area (Å²) < 4.78 is 0. The van der Waals surface area contributed by atoms with Gasteiger partial charge in [-0.1, -0.05) is 103 Å². The highest BCUT2D eigenvalue weighted by Crippen LogP contribution is 2.47. The fourth-order valence-corrected chi connectivity index (χ4v) is 5.60. The van der Waals surface area contributed by atoms with Crippen LogP contribution in [0.1, 0.15) is 24.5 Å². The summed E-state index contributed by atoms with van der Waals surface area (Å²) in [6.45, 7) is 4.58. The second kappa shape index (κ2) is 7.21. The highest BCUT2D eigenvalue weighted by molar-refractivity contribution is 5.95. The fraction of sp³-hybridized carbons (Fsp3) is 0.125. The third-order valence-corrected chi connectivity index (χ3v) is 7.10. The molecule has 6 rings (SSSR count). The molecule has 3 aliphatic carbocycles. The SMILES string of the molecule is Cc1cc(-c2ccccc2)c2c(c1)=CC1=C(C3=CC=CC3)C(C)(c3ccccc3)C=CC=21. The number of rotatable bonds is 3. The van der Waals surface area contributed by atoms with Crippen molar-refractivity contribution in [2.24, 2.45) is 0 Å². The molecule has 0 aliphatic heterocycles. The Labute approximate surface area is 189 Å². The molecule has 0 N–H and O–H groups in total. The van der Waals surface area contributed by atoms with E-state index in [0.29, 0.717) is 0 Å². The summed E-state index contributed by atoms with van der Waals surface area (Å²) in [5.41, 5.74) is 10.7. The maximum atomic E-state index is 2.43. The second-order valence-electron chi connectivity index (χ2n) is 9.22. The lowest BCUT2D eigenvalue weighted by Crippen LogP contribution is -2.28. The van der Waals surface area contributed by atoms with E-state index in [1.165, 1.54) is 55.0 Å². The minimum absolute atomic E-state index is 0.154. The number of hydrogen-bond donors (Lipinski definition) is 0. The number of aryl methyl sites for hydroxylation is 1. The summed E-state index contributed by atoms with van der Waals surface area (Å²) in [7, 11) is 0. The summed E-state index contributed by atoms with van der Waals surface area (Å²) in [6, 6.07) is 26.4. The Morgan fingerprint density at radius 2 is 1.59 bits per heavy atom. The third kappa shape index (κ3) is 2.83. The Balaban J connectivity index is 1.69. The van der Waals surface area contributed by atoms with Gasteiger partial charge in [-0.3, -0.25) is 0 Å². The molecule has 3 aromatic rings. The third-order valence-electron chi connectivity index (χ3n) is 7.10. The first-order valence-electron chi connectivity index (χ1n) is 11.4. The van der Waals surface area contributed by atoms with Crippen LogP contribution in [0, 0.1) is 6.92 Å². The highest BCUT2D eigenvalue weighted by atomic mass is 14.4. The van der Waals surface area contributed by atoms with Crippen molar-refractivity contribution in [3.63, 3.8) is 0 Å². The van der Waals surface area contributed by atoms with E-state index in [0.717, 1.165) is 6.42 Å². The Morgan fingerprint density at radius 1 is 0.844 bits per heavy atom. The Kier molecular flexibility index (Phi) is 4.30. The molecule has 1 unspecified atom stereocenters. The van der Waals surface area contributed by atoms with Crippen LogP contribution in [0.4, 0.5) is 0 Å². The van der Waals surface area contributed by atoms with Crippen molar-refractivity contribution in [1.29, 1.82) is 0 Å². The van der Waals surface area contributed by atoms with E-state index in [4.69, 9.17) is 0 Å². The average molecular weight is 411 g/mol. The zero-order valence-electron chi connectivity index (χ0n) is 18.6. The van der Waals surface area contributed by atoms with Crippen molar-refractivity contribution < 1.29 is 0 Å². The first-order chi connectivity index (χ1) is 15.6. The quantitative estimate of drug-likeness (QED) is 0.474. The van der Waals surface area contributed by atoms with E-state index in [1.807, 2.05) is 0 Å². The standard InChI is InChI=1S/C32H26/c1-22-19-25-21-29-27(30(25)28(20-22)23-11-5-3-6-12-23)17-18-32(2,26-15-7-4-8-16-26)31(29)24-13-9-10-14-24/h3-13,15-21H,14H2,1-2H3. The Morgan fingerprint density at radius 3 is 2.31 bits per heavy atom. The van der Waals surface area contributed by atoms with Gasteiger partial charge in [-0.05, 0) is 81.3 Å². The first-order valence-corrected chi connectivity index (χ1v) is 11.4. The molecule has 154 valence electrons. The van der Waals surface area contributed by atoms with Crippen LogP contribution in [0.3, 0.4) is 0 Å². The van der Waals surface area contributed by atoms with Crippen LogP contribution in [0.2, 0.25) is 0 Å². The van der Waals surface area contributed by atoms with Crippen LogP contribution in [0.15, 0.2) is 120 Å². The minimum Gasteiger partial charge on any atom is -0.0801 e. The van der Waals surface area contributed by atoms with Gasteiger partial charge in [-0.15, -0.1) is 0 Å². The zero-order chi connectivity index (χ0) is 21.7. The predicted molar refractivity (Wildman–Crippen MR) is 136 cm³/mol. The second-order valence-corrected chi connectivity index (χ2v) is 9.22. The van der Waals surface area contributed by atoms with E-state index in [9.17, 15) is 0 Å². The average Bonchev–Trinajstić information content (AvgIpc) is 3.47. The summed E-state index contributed by atoms with van der Waals surface area (Å²) in [6.07, 6.45) is 15.0. The number of hydrogen-bond acceptors (Lipinski definition) is 0. The maximum absolute atomic E-state index is 2.43.